The Labute approximate surface area is 86.9 Å². The van der Waals surface area contributed by atoms with Crippen LogP contribution in [0.4, 0.5) is 0 Å². The summed E-state index contributed by atoms with van der Waals surface area (Å²) in [6, 6.07) is 7.81. The quantitative estimate of drug-likeness (QED) is 0.506. The van der Waals surface area contributed by atoms with Gasteiger partial charge in [0, 0.05) is 0 Å². The van der Waals surface area contributed by atoms with Gasteiger partial charge < -0.3 is 0 Å². The third-order valence-electron chi connectivity index (χ3n) is 0.728. The second kappa shape index (κ2) is 6.60. The Morgan fingerprint density at radius 1 is 1.40 bits per heavy atom. The summed E-state index contributed by atoms with van der Waals surface area (Å²) in [4.78, 5) is 0. The molecule has 0 heterocycles. The molecule has 0 unspecified atom stereocenters. The van der Waals surface area contributed by atoms with Gasteiger partial charge in [0.05, 0.1) is 0 Å². The van der Waals surface area contributed by atoms with Gasteiger partial charge in [0.2, 0.25) is 0 Å². The molecule has 0 nitrogen and oxygen atoms in total. The molecule has 1 rings (SSSR count). The van der Waals surface area contributed by atoms with Crippen molar-refractivity contribution in [1.82, 2.24) is 0 Å². The van der Waals surface area contributed by atoms with E-state index >= 15 is 0 Å². The van der Waals surface area contributed by atoms with E-state index in [1.165, 1.54) is 16.3 Å². The molecule has 0 aliphatic carbocycles. The van der Waals surface area contributed by atoms with Crippen molar-refractivity contribution in [1.29, 1.82) is 0 Å². The van der Waals surface area contributed by atoms with Crippen molar-refractivity contribution in [2.75, 3.05) is 0 Å². The number of hydrogen-bond donors (Lipinski definition) is 0. The summed E-state index contributed by atoms with van der Waals surface area (Å²) in [5, 5.41) is 1.20. The molecule has 1 aromatic rings. The third-order valence-corrected chi connectivity index (χ3v) is 1.18. The van der Waals surface area contributed by atoms with Crippen LogP contribution in [0.25, 0.3) is 0 Å². The summed E-state index contributed by atoms with van der Waals surface area (Å²) in [7, 11) is 0. The topological polar surface area (TPSA) is 0 Å². The summed E-state index contributed by atoms with van der Waals surface area (Å²) < 4.78 is 0. The molecular formula is C6H3BrCl2Zn. The molecule has 1 aromatic carbocycles. The average molecular weight is 291 g/mol. The van der Waals surface area contributed by atoms with Gasteiger partial charge in [-0.25, -0.2) is 0 Å². The molecule has 10 heavy (non-hydrogen) atoms. The van der Waals surface area contributed by atoms with Crippen LogP contribution in [0.3, 0.4) is 0 Å². The van der Waals surface area contributed by atoms with E-state index in [0.717, 1.165) is 0 Å². The summed E-state index contributed by atoms with van der Waals surface area (Å²) in [6.45, 7) is 0. The molecule has 0 radical (unpaired) electrons. The first-order valence-corrected chi connectivity index (χ1v) is 10.1. The van der Waals surface area contributed by atoms with Crippen molar-refractivity contribution in [2.45, 2.75) is 0 Å². The van der Waals surface area contributed by atoms with Gasteiger partial charge in [0.1, 0.15) is 0 Å². The van der Waals surface area contributed by atoms with Crippen molar-refractivity contribution in [3.8, 4) is 0 Å². The van der Waals surface area contributed by atoms with E-state index in [1.807, 2.05) is 0 Å². The molecule has 50 valence electrons. The van der Waals surface area contributed by atoms with Gasteiger partial charge in [-0.05, 0) is 0 Å². The van der Waals surface area contributed by atoms with Crippen LogP contribution in [0.15, 0.2) is 18.2 Å². The molecular weight excluding hydrogens is 288 g/mol. The maximum atomic E-state index is 5.54. The van der Waals surface area contributed by atoms with Gasteiger partial charge in [-0.2, -0.15) is 18.2 Å². The zero-order chi connectivity index (χ0) is 7.98. The Kier molecular flexibility index (Phi) is 7.20. The molecule has 0 atom stereocenters. The molecule has 0 bridgehead atoms. The van der Waals surface area contributed by atoms with E-state index in [2.05, 4.69) is 19.7 Å². The Balaban J connectivity index is 0.000000371. The number of benzene rings is 1. The molecule has 0 fully saturated rings. The third kappa shape index (κ3) is 4.68. The van der Waals surface area contributed by atoms with Gasteiger partial charge in [-0.15, -0.1) is 29.3 Å². The molecule has 0 spiro atoms. The minimum atomic E-state index is 0.553. The number of halogens is 3. The van der Waals surface area contributed by atoms with E-state index in [0.29, 0.717) is 10.0 Å². The zero-order valence-corrected chi connectivity index (χ0v) is 11.1. The summed E-state index contributed by atoms with van der Waals surface area (Å²) >= 11 is 15.3. The van der Waals surface area contributed by atoms with Crippen molar-refractivity contribution in [3.05, 3.63) is 34.3 Å². The van der Waals surface area contributed by atoms with Crippen molar-refractivity contribution in [2.24, 2.45) is 0 Å². The first-order chi connectivity index (χ1) is 4.79. The SMILES string of the molecule is Clc1[c-]ccc(Cl)c1.[Zn+][Br]. The van der Waals surface area contributed by atoms with Crippen LogP contribution >= 0.6 is 36.8 Å². The standard InChI is InChI=1S/C6H3Cl2.BrH.Zn/c7-5-2-1-3-6(8)4-5;;/h1-2,4H;1H;/q-1;;+2/p-1. The number of hydrogen-bond acceptors (Lipinski definition) is 0. The summed E-state index contributed by atoms with van der Waals surface area (Å²) in [5.41, 5.74) is 0. The van der Waals surface area contributed by atoms with Gasteiger partial charge in [0.25, 0.3) is 0 Å². The van der Waals surface area contributed by atoms with Crippen LogP contribution in [0.1, 0.15) is 0 Å². The van der Waals surface area contributed by atoms with Crippen LogP contribution < -0.4 is 0 Å². The van der Waals surface area contributed by atoms with Gasteiger partial charge in [-0.3, -0.25) is 0 Å². The van der Waals surface area contributed by atoms with Crippen LogP contribution in [0, 0.1) is 6.07 Å². The van der Waals surface area contributed by atoms with E-state index in [1.54, 1.807) is 18.2 Å². The van der Waals surface area contributed by atoms with Gasteiger partial charge >= 0.3 is 30.0 Å². The maximum absolute atomic E-state index is 5.54. The van der Waals surface area contributed by atoms with Gasteiger partial charge in [-0.1, -0.05) is 10.0 Å². The summed E-state index contributed by atoms with van der Waals surface area (Å²) in [6.07, 6.45) is 0. The van der Waals surface area contributed by atoms with Crippen molar-refractivity contribution < 1.29 is 16.3 Å². The second-order valence-electron chi connectivity index (χ2n) is 1.35. The first kappa shape index (κ1) is 10.9. The predicted octanol–water partition coefficient (Wildman–Crippen LogP) is 3.64. The second-order valence-corrected chi connectivity index (χ2v) is 2.20. The molecule has 0 N–H and O–H groups in total. The van der Waals surface area contributed by atoms with E-state index in [4.69, 9.17) is 23.2 Å². The Bertz CT molecular complexity index is 176. The Morgan fingerprint density at radius 2 is 2.00 bits per heavy atom. The first-order valence-electron chi connectivity index (χ1n) is 2.38. The molecule has 0 amide bonds. The molecule has 0 aliphatic heterocycles. The molecule has 4 heteroatoms. The van der Waals surface area contributed by atoms with E-state index < -0.39 is 0 Å². The normalized spacial score (nSPS) is 8.10. The molecule has 0 saturated heterocycles. The average Bonchev–Trinajstić information content (AvgIpc) is 1.91. The van der Waals surface area contributed by atoms with Crippen molar-refractivity contribution in [3.63, 3.8) is 0 Å². The van der Waals surface area contributed by atoms with E-state index in [-0.39, 0.29) is 0 Å². The number of rotatable bonds is 0. The molecule has 0 aliphatic rings. The van der Waals surface area contributed by atoms with Crippen molar-refractivity contribution >= 4 is 36.8 Å². The monoisotopic (exact) mass is 288 g/mol. The zero-order valence-electron chi connectivity index (χ0n) is 5.07. The Hall–Kier alpha value is 0.903. The Morgan fingerprint density at radius 3 is 2.30 bits per heavy atom. The van der Waals surface area contributed by atoms with Crippen LogP contribution in [0.2, 0.25) is 10.0 Å². The fourth-order valence-corrected chi connectivity index (χ4v) is 0.820. The van der Waals surface area contributed by atoms with Gasteiger partial charge in [0.15, 0.2) is 0 Å². The minimum absolute atomic E-state index is 0.553. The van der Waals surface area contributed by atoms with Crippen LogP contribution in [-0.2, 0) is 16.3 Å². The molecule has 0 saturated carbocycles. The summed E-state index contributed by atoms with van der Waals surface area (Å²) in [5.74, 6) is 0. The van der Waals surface area contributed by atoms with E-state index in [9.17, 15) is 0 Å². The van der Waals surface area contributed by atoms with Crippen LogP contribution in [-0.4, -0.2) is 0 Å². The molecule has 0 aromatic heterocycles. The van der Waals surface area contributed by atoms with Crippen LogP contribution in [0.5, 0.6) is 0 Å². The fourth-order valence-electron chi connectivity index (χ4n) is 0.412. The predicted molar refractivity (Wildman–Crippen MR) is 44.2 cm³/mol. The fraction of sp³-hybridized carbons (Fsp3) is 0.